The first kappa shape index (κ1) is 25.3. The lowest BCUT2D eigenvalue weighted by Crippen LogP contribution is -2.28. The summed E-state index contributed by atoms with van der Waals surface area (Å²) in [6, 6.07) is 5.36. The molecule has 0 radical (unpaired) electrons. The number of aryl methyl sites for hydroxylation is 1. The van der Waals surface area contributed by atoms with Gasteiger partial charge in [0.05, 0.1) is 29.0 Å². The first-order chi connectivity index (χ1) is 17.0. The van der Waals surface area contributed by atoms with Crippen molar-refractivity contribution in [2.24, 2.45) is 0 Å². The van der Waals surface area contributed by atoms with Gasteiger partial charge in [-0.2, -0.15) is 13.2 Å². The van der Waals surface area contributed by atoms with Gasteiger partial charge in [0.2, 0.25) is 0 Å². The van der Waals surface area contributed by atoms with Crippen molar-refractivity contribution in [1.82, 2.24) is 29.8 Å². The monoisotopic (exact) mass is 535 g/mol. The zero-order valence-corrected chi connectivity index (χ0v) is 20.2. The van der Waals surface area contributed by atoms with Crippen LogP contribution in [0.4, 0.5) is 19.0 Å². The number of alkyl halides is 3. The fraction of sp³-hybridized carbons (Fsp3) is 0.182. The molecule has 0 spiro atoms. The molecule has 36 heavy (non-hydrogen) atoms. The Hall–Kier alpha value is -3.84. The topological polar surface area (TPSA) is 115 Å². The molecule has 0 aliphatic carbocycles. The number of aromatic nitrogens is 5. The minimum Gasteiger partial charge on any atom is -0.342 e. The van der Waals surface area contributed by atoms with Gasteiger partial charge in [0.25, 0.3) is 11.8 Å². The Morgan fingerprint density at radius 2 is 1.86 bits per heavy atom. The molecular weight excluding hydrogens is 519 g/mol. The van der Waals surface area contributed by atoms with Crippen molar-refractivity contribution in [2.45, 2.75) is 26.1 Å². The summed E-state index contributed by atoms with van der Waals surface area (Å²) >= 11 is 6.53. The van der Waals surface area contributed by atoms with Crippen molar-refractivity contribution in [1.29, 1.82) is 0 Å². The molecule has 0 saturated carbocycles. The van der Waals surface area contributed by atoms with E-state index in [2.05, 4.69) is 30.6 Å². The molecule has 9 nitrogen and oxygen atoms in total. The van der Waals surface area contributed by atoms with Gasteiger partial charge in [-0.05, 0) is 32.0 Å². The van der Waals surface area contributed by atoms with Gasteiger partial charge in [-0.1, -0.05) is 17.7 Å². The molecule has 0 bridgehead atoms. The molecule has 0 saturated heterocycles. The average Bonchev–Trinajstić information content (AvgIpc) is 3.47. The van der Waals surface area contributed by atoms with E-state index in [1.165, 1.54) is 12.4 Å². The number of nitrogens with zero attached hydrogens (tertiary/aromatic N) is 5. The fourth-order valence-electron chi connectivity index (χ4n) is 3.21. The molecule has 14 heteroatoms. The van der Waals surface area contributed by atoms with Gasteiger partial charge < -0.3 is 10.6 Å². The van der Waals surface area contributed by atoms with Gasteiger partial charge in [0, 0.05) is 12.4 Å². The summed E-state index contributed by atoms with van der Waals surface area (Å²) in [4.78, 5) is 41.9. The number of amides is 2. The fourth-order valence-corrected chi connectivity index (χ4v) is 4.23. The molecule has 0 aromatic carbocycles. The summed E-state index contributed by atoms with van der Waals surface area (Å²) < 4.78 is 40.8. The number of pyridine rings is 2. The van der Waals surface area contributed by atoms with Crippen LogP contribution in [0.1, 0.15) is 49.5 Å². The van der Waals surface area contributed by atoms with E-state index in [-0.39, 0.29) is 16.4 Å². The number of nitrogens with one attached hydrogen (secondary N) is 2. The molecule has 0 aliphatic heterocycles. The third-order valence-electron chi connectivity index (χ3n) is 4.92. The van der Waals surface area contributed by atoms with E-state index in [1.54, 1.807) is 42.8 Å². The van der Waals surface area contributed by atoms with Gasteiger partial charge in [-0.3, -0.25) is 14.2 Å². The number of anilines is 1. The summed E-state index contributed by atoms with van der Waals surface area (Å²) in [5.74, 6) is -0.345. The Kier molecular flexibility index (Phi) is 7.04. The van der Waals surface area contributed by atoms with Crippen LogP contribution in [0.15, 0.2) is 49.1 Å². The molecule has 4 aromatic rings. The Labute approximate surface area is 211 Å². The van der Waals surface area contributed by atoms with E-state index in [4.69, 9.17) is 11.6 Å². The lowest BCUT2D eigenvalue weighted by Gasteiger charge is -2.13. The molecule has 2 amide bonds. The number of carbonyl (C=O) groups is 2. The maximum absolute atomic E-state index is 13.1. The highest BCUT2D eigenvalue weighted by Crippen LogP contribution is 2.35. The molecule has 4 rings (SSSR count). The molecule has 0 unspecified atom stereocenters. The SMILES string of the molecule is Cc1ncc(C(=O)N[C@H](C)c2ncc(C(=O)Nc3cc(C(F)(F)F)c(Cl)cn3)s2)n1-c1ccccn1. The number of thiazole rings is 1. The maximum atomic E-state index is 13.1. The molecule has 4 aromatic heterocycles. The highest BCUT2D eigenvalue weighted by atomic mass is 35.5. The molecule has 186 valence electrons. The predicted molar refractivity (Wildman–Crippen MR) is 126 cm³/mol. The third-order valence-corrected chi connectivity index (χ3v) is 6.40. The molecule has 1 atom stereocenters. The summed E-state index contributed by atoms with van der Waals surface area (Å²) in [5, 5.41) is 4.94. The van der Waals surface area contributed by atoms with Gasteiger partial charge in [0.15, 0.2) is 0 Å². The van der Waals surface area contributed by atoms with Crippen molar-refractivity contribution in [3.05, 3.63) is 81.0 Å². The summed E-state index contributed by atoms with van der Waals surface area (Å²) in [5.41, 5.74) is -0.849. The lowest BCUT2D eigenvalue weighted by atomic mass is 10.2. The quantitative estimate of drug-likeness (QED) is 0.365. The van der Waals surface area contributed by atoms with Crippen LogP contribution in [0.2, 0.25) is 5.02 Å². The van der Waals surface area contributed by atoms with E-state index in [9.17, 15) is 22.8 Å². The van der Waals surface area contributed by atoms with Gasteiger partial charge >= 0.3 is 6.18 Å². The zero-order valence-electron chi connectivity index (χ0n) is 18.7. The van der Waals surface area contributed by atoms with Crippen molar-refractivity contribution >= 4 is 40.6 Å². The smallest absolute Gasteiger partial charge is 0.342 e. The largest absolute Gasteiger partial charge is 0.418 e. The summed E-state index contributed by atoms with van der Waals surface area (Å²) in [6.45, 7) is 3.43. The Bertz CT molecular complexity index is 1420. The first-order valence-electron chi connectivity index (χ1n) is 10.3. The molecule has 2 N–H and O–H groups in total. The number of imidazole rings is 1. The second-order valence-corrected chi connectivity index (χ2v) is 8.94. The number of rotatable bonds is 6. The number of halogens is 4. The first-order valence-corrected chi connectivity index (χ1v) is 11.5. The summed E-state index contributed by atoms with van der Waals surface area (Å²) in [7, 11) is 0. The third kappa shape index (κ3) is 5.36. The zero-order chi connectivity index (χ0) is 26.0. The minimum atomic E-state index is -4.70. The van der Waals surface area contributed by atoms with E-state index in [1.807, 2.05) is 0 Å². The number of hydrogen-bond acceptors (Lipinski definition) is 7. The normalized spacial score (nSPS) is 12.3. The second kappa shape index (κ2) is 10.0. The van der Waals surface area contributed by atoms with E-state index in [0.29, 0.717) is 22.7 Å². The van der Waals surface area contributed by atoms with Gasteiger partial charge in [0.1, 0.15) is 33.0 Å². The molecular formula is C22H17ClF3N7O2S. The van der Waals surface area contributed by atoms with Crippen LogP contribution in [-0.4, -0.2) is 36.3 Å². The van der Waals surface area contributed by atoms with E-state index < -0.39 is 34.6 Å². The van der Waals surface area contributed by atoms with Crippen LogP contribution in [0.3, 0.4) is 0 Å². The Morgan fingerprint density at radius 1 is 1.08 bits per heavy atom. The maximum Gasteiger partial charge on any atom is 0.418 e. The predicted octanol–water partition coefficient (Wildman–Crippen LogP) is 4.84. The molecule has 4 heterocycles. The van der Waals surface area contributed by atoms with E-state index >= 15 is 0 Å². The summed E-state index contributed by atoms with van der Waals surface area (Å²) in [6.07, 6.45) is 0.412. The molecule has 0 aliphatic rings. The number of hydrogen-bond donors (Lipinski definition) is 2. The standard InChI is InChI=1S/C22H17ClF3N7O2S/c1-11(31-19(34)15-9-28-12(2)33(15)18-5-3-4-6-27-18)21-30-10-16(36-21)20(35)32-17-7-13(22(24,25)26)14(23)8-29-17/h3-11H,1-2H3,(H,31,34)(H,29,32,35)/t11-/m1/s1. The van der Waals surface area contributed by atoms with Crippen LogP contribution in [0, 0.1) is 6.92 Å². The van der Waals surface area contributed by atoms with Crippen molar-refractivity contribution < 1.29 is 22.8 Å². The van der Waals surface area contributed by atoms with Crippen molar-refractivity contribution in [3.63, 3.8) is 0 Å². The minimum absolute atomic E-state index is 0.116. The number of carbonyl (C=O) groups excluding carboxylic acids is 2. The van der Waals surface area contributed by atoms with Gasteiger partial charge in [-0.15, -0.1) is 11.3 Å². The van der Waals surface area contributed by atoms with Crippen LogP contribution in [-0.2, 0) is 6.18 Å². The lowest BCUT2D eigenvalue weighted by molar-refractivity contribution is -0.137. The van der Waals surface area contributed by atoms with Crippen molar-refractivity contribution in [3.8, 4) is 5.82 Å². The Morgan fingerprint density at radius 3 is 2.56 bits per heavy atom. The second-order valence-electron chi connectivity index (χ2n) is 7.47. The van der Waals surface area contributed by atoms with Gasteiger partial charge in [-0.25, -0.2) is 19.9 Å². The Balaban J connectivity index is 1.46. The van der Waals surface area contributed by atoms with Crippen LogP contribution >= 0.6 is 22.9 Å². The van der Waals surface area contributed by atoms with Crippen LogP contribution < -0.4 is 10.6 Å². The van der Waals surface area contributed by atoms with Crippen LogP contribution in [0.25, 0.3) is 5.82 Å². The highest BCUT2D eigenvalue weighted by Gasteiger charge is 2.34. The highest BCUT2D eigenvalue weighted by molar-refractivity contribution is 7.13. The van der Waals surface area contributed by atoms with E-state index in [0.717, 1.165) is 17.5 Å². The van der Waals surface area contributed by atoms with Crippen LogP contribution in [0.5, 0.6) is 0 Å². The average molecular weight is 536 g/mol. The molecule has 0 fully saturated rings. The van der Waals surface area contributed by atoms with Crippen molar-refractivity contribution in [2.75, 3.05) is 5.32 Å².